The van der Waals surface area contributed by atoms with Crippen molar-refractivity contribution in [2.45, 2.75) is 39.8 Å². The summed E-state index contributed by atoms with van der Waals surface area (Å²) in [4.78, 5) is 0. The number of hydrogen-bond donors (Lipinski definition) is 3. The lowest BCUT2D eigenvalue weighted by molar-refractivity contribution is 0.386. The van der Waals surface area contributed by atoms with Crippen molar-refractivity contribution in [3.63, 3.8) is 0 Å². The van der Waals surface area contributed by atoms with E-state index < -0.39 is 0 Å². The van der Waals surface area contributed by atoms with Gasteiger partial charge in [-0.2, -0.15) is 0 Å². The maximum atomic E-state index is 9.40. The van der Waals surface area contributed by atoms with Crippen LogP contribution in [0.1, 0.15) is 39.3 Å². The van der Waals surface area contributed by atoms with E-state index in [-0.39, 0.29) is 17.5 Å². The zero-order valence-corrected chi connectivity index (χ0v) is 10.4. The molecule has 3 N–H and O–H groups in total. The van der Waals surface area contributed by atoms with E-state index in [0.717, 1.165) is 5.56 Å². The van der Waals surface area contributed by atoms with Crippen LogP contribution in [0.25, 0.3) is 0 Å². The van der Waals surface area contributed by atoms with Gasteiger partial charge in [-0.05, 0) is 37.5 Å². The smallest absolute Gasteiger partial charge is 0.119 e. The number of nitrogens with one attached hydrogen (secondary N) is 1. The summed E-state index contributed by atoms with van der Waals surface area (Å²) in [6.45, 7) is 8.46. The Kier molecular flexibility index (Phi) is 4.19. The summed E-state index contributed by atoms with van der Waals surface area (Å²) in [6.07, 6.45) is 0. The highest BCUT2D eigenvalue weighted by molar-refractivity contribution is 5.37. The van der Waals surface area contributed by atoms with Crippen LogP contribution in [0.2, 0.25) is 0 Å². The second-order valence-electron chi connectivity index (χ2n) is 4.70. The van der Waals surface area contributed by atoms with Gasteiger partial charge in [0.05, 0.1) is 0 Å². The Balaban J connectivity index is 2.76. The molecular weight excluding hydrogens is 202 g/mol. The molecule has 2 atom stereocenters. The molecular formula is C13H21NO2. The number of benzene rings is 1. The fraction of sp³-hybridized carbons (Fsp3) is 0.538. The van der Waals surface area contributed by atoms with Crippen molar-refractivity contribution in [1.29, 1.82) is 0 Å². The fourth-order valence-corrected chi connectivity index (χ4v) is 1.55. The Bertz CT molecular complexity index is 330. The molecule has 1 aromatic rings. The molecule has 0 aromatic heterocycles. The summed E-state index contributed by atoms with van der Waals surface area (Å²) >= 11 is 0. The maximum absolute atomic E-state index is 9.40. The van der Waals surface area contributed by atoms with Crippen LogP contribution < -0.4 is 5.32 Å². The monoisotopic (exact) mass is 223 g/mol. The van der Waals surface area contributed by atoms with E-state index in [1.54, 1.807) is 12.1 Å². The lowest BCUT2D eigenvalue weighted by Gasteiger charge is -2.23. The first-order chi connectivity index (χ1) is 7.40. The number of phenolic OH excluding ortho intramolecular Hbond substituents is 2. The van der Waals surface area contributed by atoms with Crippen LogP contribution in [0.15, 0.2) is 18.2 Å². The van der Waals surface area contributed by atoms with Crippen molar-refractivity contribution in [1.82, 2.24) is 5.32 Å². The highest BCUT2D eigenvalue weighted by Gasteiger charge is 2.13. The van der Waals surface area contributed by atoms with Crippen molar-refractivity contribution in [2.75, 3.05) is 0 Å². The Morgan fingerprint density at radius 1 is 0.938 bits per heavy atom. The largest absolute Gasteiger partial charge is 0.508 e. The third kappa shape index (κ3) is 3.42. The summed E-state index contributed by atoms with van der Waals surface area (Å²) in [5.74, 6) is 0.745. The third-order valence-corrected chi connectivity index (χ3v) is 2.94. The predicted octanol–water partition coefficient (Wildman–Crippen LogP) is 2.79. The highest BCUT2D eigenvalue weighted by Crippen LogP contribution is 2.25. The molecule has 0 aliphatic carbocycles. The van der Waals surface area contributed by atoms with E-state index in [0.29, 0.717) is 12.0 Å². The molecule has 0 aliphatic heterocycles. The SMILES string of the molecule is CC(NC(C)C(C)C)c1cc(O)cc(O)c1. The van der Waals surface area contributed by atoms with Crippen molar-refractivity contribution >= 4 is 0 Å². The Hall–Kier alpha value is -1.22. The lowest BCUT2D eigenvalue weighted by Crippen LogP contribution is -2.32. The van der Waals surface area contributed by atoms with Gasteiger partial charge >= 0.3 is 0 Å². The first-order valence-corrected chi connectivity index (χ1v) is 5.69. The molecule has 0 saturated heterocycles. The van der Waals surface area contributed by atoms with E-state index in [1.165, 1.54) is 6.07 Å². The summed E-state index contributed by atoms with van der Waals surface area (Å²) in [7, 11) is 0. The van der Waals surface area contributed by atoms with E-state index >= 15 is 0 Å². The Labute approximate surface area is 97.1 Å². The molecule has 0 saturated carbocycles. The zero-order chi connectivity index (χ0) is 12.3. The van der Waals surface area contributed by atoms with E-state index in [9.17, 15) is 10.2 Å². The molecule has 1 aromatic carbocycles. The van der Waals surface area contributed by atoms with Crippen LogP contribution in [-0.4, -0.2) is 16.3 Å². The quantitative estimate of drug-likeness (QED) is 0.735. The average Bonchev–Trinajstić information content (AvgIpc) is 2.15. The Morgan fingerprint density at radius 3 is 1.88 bits per heavy atom. The van der Waals surface area contributed by atoms with Gasteiger partial charge in [-0.15, -0.1) is 0 Å². The van der Waals surface area contributed by atoms with Gasteiger partial charge in [-0.1, -0.05) is 13.8 Å². The summed E-state index contributed by atoms with van der Waals surface area (Å²) < 4.78 is 0. The van der Waals surface area contributed by atoms with Gasteiger partial charge in [0.15, 0.2) is 0 Å². The Morgan fingerprint density at radius 2 is 1.44 bits per heavy atom. The van der Waals surface area contributed by atoms with Crippen LogP contribution in [-0.2, 0) is 0 Å². The van der Waals surface area contributed by atoms with Gasteiger partial charge in [0.25, 0.3) is 0 Å². The summed E-state index contributed by atoms with van der Waals surface area (Å²) in [6, 6.07) is 5.17. The first kappa shape index (κ1) is 12.8. The van der Waals surface area contributed by atoms with Crippen molar-refractivity contribution < 1.29 is 10.2 Å². The van der Waals surface area contributed by atoms with Gasteiger partial charge in [0, 0.05) is 18.2 Å². The molecule has 3 heteroatoms. The minimum atomic E-state index is 0.0980. The van der Waals surface area contributed by atoms with Crippen LogP contribution >= 0.6 is 0 Å². The molecule has 0 radical (unpaired) electrons. The van der Waals surface area contributed by atoms with E-state index in [1.807, 2.05) is 6.92 Å². The molecule has 0 fully saturated rings. The molecule has 0 amide bonds. The minimum absolute atomic E-state index is 0.0980. The van der Waals surface area contributed by atoms with E-state index in [4.69, 9.17) is 0 Å². The second-order valence-corrected chi connectivity index (χ2v) is 4.70. The van der Waals surface area contributed by atoms with Gasteiger partial charge in [-0.3, -0.25) is 0 Å². The maximum Gasteiger partial charge on any atom is 0.119 e. The molecule has 1 rings (SSSR count). The molecule has 3 nitrogen and oxygen atoms in total. The summed E-state index contributed by atoms with van der Waals surface area (Å²) in [5.41, 5.74) is 0.894. The molecule has 90 valence electrons. The van der Waals surface area contributed by atoms with Crippen molar-refractivity contribution in [3.8, 4) is 11.5 Å². The van der Waals surface area contributed by atoms with Crippen molar-refractivity contribution in [3.05, 3.63) is 23.8 Å². The van der Waals surface area contributed by atoms with Crippen LogP contribution in [0.3, 0.4) is 0 Å². The predicted molar refractivity (Wildman–Crippen MR) is 65.6 cm³/mol. The highest BCUT2D eigenvalue weighted by atomic mass is 16.3. The molecule has 0 aliphatic rings. The molecule has 0 bridgehead atoms. The number of aromatic hydroxyl groups is 2. The fourth-order valence-electron chi connectivity index (χ4n) is 1.55. The van der Waals surface area contributed by atoms with Gasteiger partial charge in [-0.25, -0.2) is 0 Å². The van der Waals surface area contributed by atoms with Crippen LogP contribution in [0.5, 0.6) is 11.5 Å². The minimum Gasteiger partial charge on any atom is -0.508 e. The standard InChI is InChI=1S/C13H21NO2/c1-8(2)9(3)14-10(4)11-5-12(15)7-13(16)6-11/h5-10,14-16H,1-4H3. The van der Waals surface area contributed by atoms with E-state index in [2.05, 4.69) is 26.1 Å². The second kappa shape index (κ2) is 5.21. The molecule has 2 unspecified atom stereocenters. The normalized spacial score (nSPS) is 15.1. The number of rotatable bonds is 4. The lowest BCUT2D eigenvalue weighted by atomic mass is 10.0. The van der Waals surface area contributed by atoms with Gasteiger partial charge in [0.2, 0.25) is 0 Å². The van der Waals surface area contributed by atoms with Gasteiger partial charge < -0.3 is 15.5 Å². The molecule has 16 heavy (non-hydrogen) atoms. The van der Waals surface area contributed by atoms with Crippen LogP contribution in [0, 0.1) is 5.92 Å². The number of hydrogen-bond acceptors (Lipinski definition) is 3. The summed E-state index contributed by atoms with van der Waals surface area (Å²) in [5, 5.41) is 22.2. The molecule has 0 heterocycles. The topological polar surface area (TPSA) is 52.5 Å². The molecule has 0 spiro atoms. The van der Waals surface area contributed by atoms with Gasteiger partial charge in [0.1, 0.15) is 11.5 Å². The average molecular weight is 223 g/mol. The first-order valence-electron chi connectivity index (χ1n) is 5.69. The third-order valence-electron chi connectivity index (χ3n) is 2.94. The van der Waals surface area contributed by atoms with Crippen molar-refractivity contribution in [2.24, 2.45) is 5.92 Å². The zero-order valence-electron chi connectivity index (χ0n) is 10.4. The van der Waals surface area contributed by atoms with Crippen LogP contribution in [0.4, 0.5) is 0 Å². The number of phenols is 2.